The predicted octanol–water partition coefficient (Wildman–Crippen LogP) is 4.69. The summed E-state index contributed by atoms with van der Waals surface area (Å²) in [6.45, 7) is 0.577. The molecule has 1 N–H and O–H groups in total. The molecule has 0 radical (unpaired) electrons. The number of ether oxygens (including phenoxy) is 1. The molecule has 1 aliphatic rings. The van der Waals surface area contributed by atoms with Crippen LogP contribution >= 0.6 is 0 Å². The van der Waals surface area contributed by atoms with Crippen molar-refractivity contribution in [3.05, 3.63) is 108 Å². The largest absolute Gasteiger partial charge is 0.497 e. The Morgan fingerprint density at radius 2 is 1.72 bits per heavy atom. The first-order valence-corrected chi connectivity index (χ1v) is 10.6. The third-order valence-corrected chi connectivity index (χ3v) is 5.76. The third-order valence-electron chi connectivity index (χ3n) is 5.76. The maximum absolute atomic E-state index is 13.4. The van der Waals surface area contributed by atoms with Crippen LogP contribution in [0, 0.1) is 0 Å². The molecule has 1 amide bonds. The van der Waals surface area contributed by atoms with Gasteiger partial charge in [0.05, 0.1) is 24.6 Å². The number of para-hydroxylation sites is 2. The highest BCUT2D eigenvalue weighted by molar-refractivity contribution is 6.01. The standard InChI is InChI=1S/C26H24N4O2/c1-32-22-13-11-19(12-14-22)15-16-29-25(28-24-10-6-5-9-23(24)26(29)31)20-17-27-30(18-20)21-7-3-2-4-8-21/h2-14,17-18,25,28H,15-16H2,1H3/t25-/m1/s1. The Morgan fingerprint density at radius 1 is 0.969 bits per heavy atom. The summed E-state index contributed by atoms with van der Waals surface area (Å²) in [7, 11) is 1.66. The molecular formula is C26H24N4O2. The summed E-state index contributed by atoms with van der Waals surface area (Å²) in [4.78, 5) is 15.3. The summed E-state index contributed by atoms with van der Waals surface area (Å²) in [6.07, 6.45) is 4.25. The normalized spacial score (nSPS) is 15.2. The number of fused-ring (bicyclic) bond motifs is 1. The van der Waals surface area contributed by atoms with E-state index in [1.54, 1.807) is 7.11 Å². The Morgan fingerprint density at radius 3 is 2.50 bits per heavy atom. The van der Waals surface area contributed by atoms with Crippen molar-refractivity contribution in [2.75, 3.05) is 19.0 Å². The zero-order valence-electron chi connectivity index (χ0n) is 17.8. The van der Waals surface area contributed by atoms with E-state index in [-0.39, 0.29) is 12.1 Å². The number of hydrogen-bond acceptors (Lipinski definition) is 4. The van der Waals surface area contributed by atoms with E-state index in [2.05, 4.69) is 10.4 Å². The number of hydrogen-bond donors (Lipinski definition) is 1. The van der Waals surface area contributed by atoms with Gasteiger partial charge in [0, 0.05) is 24.0 Å². The minimum Gasteiger partial charge on any atom is -0.497 e. The van der Waals surface area contributed by atoms with E-state index in [0.29, 0.717) is 12.1 Å². The van der Waals surface area contributed by atoms with Crippen molar-refractivity contribution < 1.29 is 9.53 Å². The van der Waals surface area contributed by atoms with Crippen LogP contribution in [0.1, 0.15) is 27.7 Å². The fraction of sp³-hybridized carbons (Fsp3) is 0.154. The van der Waals surface area contributed by atoms with Crippen LogP contribution in [0.4, 0.5) is 5.69 Å². The molecule has 5 rings (SSSR count). The van der Waals surface area contributed by atoms with Gasteiger partial charge in [-0.15, -0.1) is 0 Å². The number of nitrogens with one attached hydrogen (secondary N) is 1. The zero-order chi connectivity index (χ0) is 21.9. The first kappa shape index (κ1) is 19.9. The van der Waals surface area contributed by atoms with Crippen LogP contribution in [-0.2, 0) is 6.42 Å². The lowest BCUT2D eigenvalue weighted by Gasteiger charge is -2.37. The monoisotopic (exact) mass is 424 g/mol. The van der Waals surface area contributed by atoms with Crippen LogP contribution in [0.2, 0.25) is 0 Å². The maximum atomic E-state index is 13.4. The molecule has 6 nitrogen and oxygen atoms in total. The molecule has 1 aromatic heterocycles. The Balaban J connectivity index is 1.44. The molecule has 1 aliphatic heterocycles. The summed E-state index contributed by atoms with van der Waals surface area (Å²) < 4.78 is 7.09. The van der Waals surface area contributed by atoms with Crippen molar-refractivity contribution in [3.8, 4) is 11.4 Å². The number of anilines is 1. The van der Waals surface area contributed by atoms with Crippen LogP contribution < -0.4 is 10.1 Å². The molecule has 0 fully saturated rings. The molecule has 0 saturated heterocycles. The van der Waals surface area contributed by atoms with Crippen LogP contribution in [0.3, 0.4) is 0 Å². The number of rotatable bonds is 6. The van der Waals surface area contributed by atoms with Gasteiger partial charge in [0.15, 0.2) is 0 Å². The quantitative estimate of drug-likeness (QED) is 0.488. The van der Waals surface area contributed by atoms with E-state index in [1.165, 1.54) is 0 Å². The van der Waals surface area contributed by atoms with Crippen molar-refractivity contribution in [1.82, 2.24) is 14.7 Å². The lowest BCUT2D eigenvalue weighted by Crippen LogP contribution is -2.43. The number of benzene rings is 3. The minimum absolute atomic E-state index is 0.0188. The Kier molecular flexibility index (Phi) is 5.34. The second-order valence-electron chi connectivity index (χ2n) is 7.74. The van der Waals surface area contributed by atoms with E-state index in [0.717, 1.165) is 34.7 Å². The Labute approximate surface area is 187 Å². The lowest BCUT2D eigenvalue weighted by molar-refractivity contribution is 0.0685. The highest BCUT2D eigenvalue weighted by Crippen LogP contribution is 2.33. The number of carbonyl (C=O) groups excluding carboxylic acids is 1. The smallest absolute Gasteiger partial charge is 0.257 e. The van der Waals surface area contributed by atoms with Crippen LogP contribution in [0.5, 0.6) is 5.75 Å². The first-order chi connectivity index (χ1) is 15.7. The highest BCUT2D eigenvalue weighted by Gasteiger charge is 2.33. The van der Waals surface area contributed by atoms with Gasteiger partial charge in [0.25, 0.3) is 5.91 Å². The predicted molar refractivity (Wildman–Crippen MR) is 124 cm³/mol. The lowest BCUT2D eigenvalue weighted by atomic mass is 10.0. The minimum atomic E-state index is -0.298. The van der Waals surface area contributed by atoms with Gasteiger partial charge in [-0.25, -0.2) is 4.68 Å². The molecule has 2 heterocycles. The molecule has 4 aromatic rings. The number of nitrogens with zero attached hydrogens (tertiary/aromatic N) is 3. The fourth-order valence-corrected chi connectivity index (χ4v) is 4.03. The molecule has 1 atom stereocenters. The first-order valence-electron chi connectivity index (χ1n) is 10.6. The molecule has 6 heteroatoms. The summed E-state index contributed by atoms with van der Waals surface area (Å²) in [5.41, 5.74) is 4.60. The van der Waals surface area contributed by atoms with E-state index < -0.39 is 0 Å². The topological polar surface area (TPSA) is 59.4 Å². The van der Waals surface area contributed by atoms with Crippen LogP contribution in [-0.4, -0.2) is 34.2 Å². The Hall–Kier alpha value is -4.06. The van der Waals surface area contributed by atoms with Gasteiger partial charge in [-0.1, -0.05) is 42.5 Å². The molecule has 160 valence electrons. The highest BCUT2D eigenvalue weighted by atomic mass is 16.5. The van der Waals surface area contributed by atoms with Crippen molar-refractivity contribution in [1.29, 1.82) is 0 Å². The second kappa shape index (κ2) is 8.59. The molecule has 3 aromatic carbocycles. The number of amides is 1. The van der Waals surface area contributed by atoms with Crippen molar-refractivity contribution in [2.24, 2.45) is 0 Å². The van der Waals surface area contributed by atoms with Crippen LogP contribution in [0.25, 0.3) is 5.69 Å². The number of aromatic nitrogens is 2. The van der Waals surface area contributed by atoms with Crippen molar-refractivity contribution in [3.63, 3.8) is 0 Å². The SMILES string of the molecule is COc1ccc(CCN2C(=O)c3ccccc3N[C@H]2c2cnn(-c3ccccc3)c2)cc1. The molecule has 32 heavy (non-hydrogen) atoms. The Bertz CT molecular complexity index is 1220. The summed E-state index contributed by atoms with van der Waals surface area (Å²) in [5.74, 6) is 0.843. The second-order valence-corrected chi connectivity index (χ2v) is 7.74. The molecular weight excluding hydrogens is 400 g/mol. The molecule has 0 aliphatic carbocycles. The van der Waals surface area contributed by atoms with Crippen LogP contribution in [0.15, 0.2) is 91.3 Å². The zero-order valence-corrected chi connectivity index (χ0v) is 17.8. The van der Waals surface area contributed by atoms with Gasteiger partial charge >= 0.3 is 0 Å². The van der Waals surface area contributed by atoms with Gasteiger partial charge in [0.2, 0.25) is 0 Å². The van der Waals surface area contributed by atoms with E-state index in [1.807, 2.05) is 101 Å². The summed E-state index contributed by atoms with van der Waals surface area (Å²) in [5, 5.41) is 8.08. The fourth-order valence-electron chi connectivity index (χ4n) is 4.03. The van der Waals surface area contributed by atoms with Crippen molar-refractivity contribution in [2.45, 2.75) is 12.6 Å². The molecule has 0 saturated carbocycles. The maximum Gasteiger partial charge on any atom is 0.257 e. The summed E-state index contributed by atoms with van der Waals surface area (Å²) >= 11 is 0. The summed E-state index contributed by atoms with van der Waals surface area (Å²) in [6, 6.07) is 25.6. The molecule has 0 unspecified atom stereocenters. The van der Waals surface area contributed by atoms with Gasteiger partial charge in [0.1, 0.15) is 11.9 Å². The number of methoxy groups -OCH3 is 1. The number of carbonyl (C=O) groups is 1. The van der Waals surface area contributed by atoms with Crippen molar-refractivity contribution >= 4 is 11.6 Å². The average molecular weight is 425 g/mol. The van der Waals surface area contributed by atoms with Gasteiger partial charge in [-0.2, -0.15) is 5.10 Å². The van der Waals surface area contributed by atoms with Gasteiger partial charge < -0.3 is 15.0 Å². The van der Waals surface area contributed by atoms with Gasteiger partial charge in [-0.05, 0) is 48.4 Å². The van der Waals surface area contributed by atoms with E-state index >= 15 is 0 Å². The average Bonchev–Trinajstić information content (AvgIpc) is 3.34. The molecule has 0 spiro atoms. The van der Waals surface area contributed by atoms with Gasteiger partial charge in [-0.3, -0.25) is 4.79 Å². The van der Waals surface area contributed by atoms with E-state index in [9.17, 15) is 4.79 Å². The molecule has 0 bridgehead atoms. The third kappa shape index (κ3) is 3.83. The van der Waals surface area contributed by atoms with E-state index in [4.69, 9.17) is 4.74 Å².